The van der Waals surface area contributed by atoms with E-state index in [4.69, 9.17) is 0 Å². The minimum absolute atomic E-state index is 0.853. The smallest absolute Gasteiger partial charge is 0.0220 e. The van der Waals surface area contributed by atoms with Crippen molar-refractivity contribution in [3.8, 4) is 0 Å². The lowest BCUT2D eigenvalue weighted by Gasteiger charge is -2.18. The van der Waals surface area contributed by atoms with Crippen LogP contribution in [0.25, 0.3) is 0 Å². The van der Waals surface area contributed by atoms with E-state index in [0.29, 0.717) is 0 Å². The van der Waals surface area contributed by atoms with E-state index in [9.17, 15) is 0 Å². The van der Waals surface area contributed by atoms with E-state index in [2.05, 4.69) is 57.7 Å². The maximum Gasteiger partial charge on any atom is 0.0220 e. The van der Waals surface area contributed by atoms with E-state index >= 15 is 0 Å². The summed E-state index contributed by atoms with van der Waals surface area (Å²) in [4.78, 5) is 0. The van der Waals surface area contributed by atoms with Crippen LogP contribution in [0.1, 0.15) is 18.4 Å². The summed E-state index contributed by atoms with van der Waals surface area (Å²) in [5, 5.41) is 3.61. The van der Waals surface area contributed by atoms with Crippen molar-refractivity contribution in [2.75, 3.05) is 6.54 Å². The molecule has 17 heavy (non-hydrogen) atoms. The number of nitrogens with one attached hydrogen (secondary N) is 1. The molecule has 3 rings (SSSR count). The van der Waals surface area contributed by atoms with Crippen molar-refractivity contribution in [1.29, 1.82) is 0 Å². The van der Waals surface area contributed by atoms with E-state index in [0.717, 1.165) is 30.8 Å². The van der Waals surface area contributed by atoms with Crippen LogP contribution in [-0.4, -0.2) is 6.54 Å². The van der Waals surface area contributed by atoms with Crippen molar-refractivity contribution in [2.45, 2.75) is 19.4 Å². The monoisotopic (exact) mass is 291 g/mol. The van der Waals surface area contributed by atoms with Crippen LogP contribution in [0.15, 0.2) is 40.9 Å². The number of halogens is 1. The van der Waals surface area contributed by atoms with E-state index in [1.807, 2.05) is 0 Å². The largest absolute Gasteiger partial charge is 0.312 e. The van der Waals surface area contributed by atoms with Gasteiger partial charge in [0.1, 0.15) is 0 Å². The van der Waals surface area contributed by atoms with Gasteiger partial charge < -0.3 is 5.32 Å². The van der Waals surface area contributed by atoms with Crippen LogP contribution < -0.4 is 5.32 Å². The van der Waals surface area contributed by atoms with Gasteiger partial charge in [-0.1, -0.05) is 46.3 Å². The van der Waals surface area contributed by atoms with Gasteiger partial charge in [-0.25, -0.2) is 0 Å². The molecule has 1 nitrogen and oxygen atoms in total. The van der Waals surface area contributed by atoms with Gasteiger partial charge in [-0.05, 0) is 48.8 Å². The number of fused-ring (bicyclic) bond motifs is 2. The molecule has 1 saturated carbocycles. The van der Waals surface area contributed by atoms with Gasteiger partial charge in [0.15, 0.2) is 0 Å². The fourth-order valence-electron chi connectivity index (χ4n) is 3.16. The highest BCUT2D eigenvalue weighted by atomic mass is 79.9. The van der Waals surface area contributed by atoms with Crippen molar-refractivity contribution >= 4 is 15.9 Å². The highest BCUT2D eigenvalue weighted by molar-refractivity contribution is 9.10. The van der Waals surface area contributed by atoms with Crippen molar-refractivity contribution in [3.63, 3.8) is 0 Å². The Balaban J connectivity index is 1.50. The molecule has 0 heterocycles. The topological polar surface area (TPSA) is 12.0 Å². The summed E-state index contributed by atoms with van der Waals surface area (Å²) in [6.07, 6.45) is 7.64. The average molecular weight is 292 g/mol. The second-order valence-electron chi connectivity index (χ2n) is 5.26. The van der Waals surface area contributed by atoms with Crippen molar-refractivity contribution < 1.29 is 0 Å². The summed E-state index contributed by atoms with van der Waals surface area (Å²) in [7, 11) is 0. The van der Waals surface area contributed by atoms with Gasteiger partial charge in [0.25, 0.3) is 0 Å². The van der Waals surface area contributed by atoms with Gasteiger partial charge >= 0.3 is 0 Å². The van der Waals surface area contributed by atoms with Crippen molar-refractivity contribution in [3.05, 3.63) is 46.5 Å². The third kappa shape index (κ3) is 2.48. The Hall–Kier alpha value is -0.600. The first kappa shape index (κ1) is 11.5. The molecule has 3 atom stereocenters. The molecule has 1 aromatic rings. The van der Waals surface area contributed by atoms with Gasteiger partial charge in [-0.2, -0.15) is 0 Å². The molecule has 0 aromatic heterocycles. The van der Waals surface area contributed by atoms with Crippen LogP contribution in [-0.2, 0) is 6.54 Å². The normalized spacial score (nSPS) is 30.1. The van der Waals surface area contributed by atoms with E-state index in [-0.39, 0.29) is 0 Å². The number of allylic oxidation sites excluding steroid dienone is 2. The number of hydrogen-bond donors (Lipinski definition) is 1. The summed E-state index contributed by atoms with van der Waals surface area (Å²) < 4.78 is 1.21. The predicted molar refractivity (Wildman–Crippen MR) is 74.7 cm³/mol. The maximum atomic E-state index is 3.61. The average Bonchev–Trinajstić information content (AvgIpc) is 2.94. The fourth-order valence-corrected chi connectivity index (χ4v) is 3.59. The molecule has 2 aliphatic rings. The molecular formula is C15H18BrN. The van der Waals surface area contributed by atoms with E-state index in [1.54, 1.807) is 0 Å². The van der Waals surface area contributed by atoms with Crippen molar-refractivity contribution in [1.82, 2.24) is 5.32 Å². The molecule has 0 aliphatic heterocycles. The van der Waals surface area contributed by atoms with Gasteiger partial charge in [-0.15, -0.1) is 0 Å². The summed E-state index contributed by atoms with van der Waals surface area (Å²) >= 11 is 3.59. The Bertz CT molecular complexity index is 427. The van der Waals surface area contributed by atoms with Crippen LogP contribution in [0.4, 0.5) is 0 Å². The lowest BCUT2D eigenvalue weighted by atomic mass is 9.93. The highest BCUT2D eigenvalue weighted by Gasteiger charge is 2.34. The fraction of sp³-hybridized carbons (Fsp3) is 0.467. The lowest BCUT2D eigenvalue weighted by molar-refractivity contribution is 0.414. The standard InChI is InChI=1S/C15H18BrN/c16-15-4-2-1-3-13(15)9-17-10-14-8-11-5-6-12(14)7-11/h1-6,11-12,14,17H,7-10H2. The second kappa shape index (κ2) is 4.95. The summed E-state index contributed by atoms with van der Waals surface area (Å²) in [5.74, 6) is 2.61. The van der Waals surface area contributed by atoms with Crippen LogP contribution >= 0.6 is 15.9 Å². The van der Waals surface area contributed by atoms with Crippen LogP contribution in [0.5, 0.6) is 0 Å². The number of benzene rings is 1. The molecule has 2 heteroatoms. The molecular weight excluding hydrogens is 274 g/mol. The molecule has 2 aliphatic carbocycles. The molecule has 90 valence electrons. The summed E-state index contributed by atoms with van der Waals surface area (Å²) in [6, 6.07) is 8.45. The zero-order valence-corrected chi connectivity index (χ0v) is 11.5. The summed E-state index contributed by atoms with van der Waals surface area (Å²) in [5.41, 5.74) is 1.35. The molecule has 0 amide bonds. The first-order valence-electron chi connectivity index (χ1n) is 6.45. The lowest BCUT2D eigenvalue weighted by Crippen LogP contribution is -2.25. The first-order chi connectivity index (χ1) is 8.33. The molecule has 0 saturated heterocycles. The Morgan fingerprint density at radius 3 is 2.76 bits per heavy atom. The Morgan fingerprint density at radius 2 is 2.06 bits per heavy atom. The molecule has 1 aromatic carbocycles. The van der Waals surface area contributed by atoms with Crippen LogP contribution in [0.3, 0.4) is 0 Å². The first-order valence-corrected chi connectivity index (χ1v) is 7.24. The minimum Gasteiger partial charge on any atom is -0.312 e. The third-order valence-corrected chi connectivity index (χ3v) is 4.87. The third-order valence-electron chi connectivity index (χ3n) is 4.10. The molecule has 1 fully saturated rings. The molecule has 2 bridgehead atoms. The van der Waals surface area contributed by atoms with Gasteiger partial charge in [-0.3, -0.25) is 0 Å². The Labute approximate surface area is 111 Å². The Kier molecular flexibility index (Phi) is 3.34. The van der Waals surface area contributed by atoms with Gasteiger partial charge in [0.05, 0.1) is 0 Å². The quantitative estimate of drug-likeness (QED) is 0.833. The van der Waals surface area contributed by atoms with Crippen molar-refractivity contribution in [2.24, 2.45) is 17.8 Å². The predicted octanol–water partition coefficient (Wildman–Crippen LogP) is 3.75. The van der Waals surface area contributed by atoms with E-state index < -0.39 is 0 Å². The summed E-state index contributed by atoms with van der Waals surface area (Å²) in [6.45, 7) is 2.13. The molecule has 0 radical (unpaired) electrons. The molecule has 3 unspecified atom stereocenters. The molecule has 1 N–H and O–H groups in total. The molecule has 0 spiro atoms. The van der Waals surface area contributed by atoms with E-state index in [1.165, 1.54) is 22.9 Å². The maximum absolute atomic E-state index is 3.61. The second-order valence-corrected chi connectivity index (χ2v) is 6.12. The minimum atomic E-state index is 0.853. The van der Waals surface area contributed by atoms with Crippen LogP contribution in [0, 0.1) is 17.8 Å². The zero-order valence-electron chi connectivity index (χ0n) is 9.90. The SMILES string of the molecule is Brc1ccccc1CNCC1CC2C=CC1C2. The number of rotatable bonds is 4. The van der Waals surface area contributed by atoms with Gasteiger partial charge in [0, 0.05) is 11.0 Å². The van der Waals surface area contributed by atoms with Gasteiger partial charge in [0.2, 0.25) is 0 Å². The number of hydrogen-bond acceptors (Lipinski definition) is 1. The van der Waals surface area contributed by atoms with Crippen LogP contribution in [0.2, 0.25) is 0 Å². The zero-order chi connectivity index (χ0) is 11.7. The highest BCUT2D eigenvalue weighted by Crippen LogP contribution is 2.42. The Morgan fingerprint density at radius 1 is 1.18 bits per heavy atom.